The van der Waals surface area contributed by atoms with Crippen molar-refractivity contribution in [3.63, 3.8) is 0 Å². The predicted octanol–water partition coefficient (Wildman–Crippen LogP) is 5.86. The number of aromatic nitrogens is 3. The highest BCUT2D eigenvalue weighted by Crippen LogP contribution is 2.35. The van der Waals surface area contributed by atoms with Crippen molar-refractivity contribution in [2.75, 3.05) is 24.7 Å². The minimum absolute atomic E-state index is 0.142. The second kappa shape index (κ2) is 10.8. The molecule has 0 spiro atoms. The van der Waals surface area contributed by atoms with Crippen LogP contribution in [-0.2, 0) is 14.5 Å². The smallest absolute Gasteiger partial charge is 0.314 e. The van der Waals surface area contributed by atoms with Crippen LogP contribution in [0, 0.1) is 0 Å². The average molecular weight is 577 g/mol. The van der Waals surface area contributed by atoms with Crippen molar-refractivity contribution in [2.24, 2.45) is 4.36 Å². The normalized spacial score (nSPS) is 18.9. The maximum Gasteiger partial charge on any atom is 0.314 e. The van der Waals surface area contributed by atoms with Crippen LogP contribution < -0.4 is 4.74 Å². The average Bonchev–Trinajstić information content (AvgIpc) is 3.46. The molecule has 8 nitrogen and oxygen atoms in total. The molecule has 3 heterocycles. The number of nitrogens with one attached hydrogen (secondary N) is 1. The van der Waals surface area contributed by atoms with Gasteiger partial charge in [0.25, 0.3) is 6.01 Å². The number of pyridine rings is 1. The van der Waals surface area contributed by atoms with Gasteiger partial charge in [-0.15, -0.1) is 0 Å². The van der Waals surface area contributed by atoms with Crippen molar-refractivity contribution < 1.29 is 27.6 Å². The Bertz CT molecular complexity index is 1590. The molecule has 4 aromatic rings. The topological polar surface area (TPSA) is 110 Å². The van der Waals surface area contributed by atoms with Gasteiger partial charge in [-0.1, -0.05) is 61.8 Å². The van der Waals surface area contributed by atoms with E-state index in [1.54, 1.807) is 6.07 Å². The highest BCUT2D eigenvalue weighted by molar-refractivity contribution is 7.93. The van der Waals surface area contributed by atoms with Crippen LogP contribution in [0.25, 0.3) is 33.5 Å². The van der Waals surface area contributed by atoms with Gasteiger partial charge in [-0.2, -0.15) is 18.1 Å². The molecule has 2 atom stereocenters. The van der Waals surface area contributed by atoms with E-state index in [-0.39, 0.29) is 18.3 Å². The van der Waals surface area contributed by atoms with Crippen molar-refractivity contribution in [1.29, 1.82) is 0 Å². The molecule has 39 heavy (non-hydrogen) atoms. The number of halogens is 3. The lowest BCUT2D eigenvalue weighted by atomic mass is 10.0. The summed E-state index contributed by atoms with van der Waals surface area (Å²) in [4.78, 5) is 11.5. The SMILES string of the molecule is CCS(=O)(CC)=Nc1ccc(-c2ccc(-c3nc4nc(O[C@@H]5CO[C@H](CO)C5(F)F)[nH]c4cc3Cl)cc2)cc1. The molecule has 0 saturated carbocycles. The van der Waals surface area contributed by atoms with E-state index >= 15 is 0 Å². The molecule has 2 aromatic carbocycles. The Hall–Kier alpha value is -3.12. The Morgan fingerprint density at radius 2 is 1.72 bits per heavy atom. The minimum atomic E-state index is -3.37. The lowest BCUT2D eigenvalue weighted by molar-refractivity contribution is -0.118. The lowest BCUT2D eigenvalue weighted by Gasteiger charge is -2.20. The second-order valence-electron chi connectivity index (χ2n) is 9.08. The first-order valence-electron chi connectivity index (χ1n) is 12.4. The number of H-pyrrole nitrogens is 1. The molecule has 5 rings (SSSR count). The first-order chi connectivity index (χ1) is 18.7. The van der Waals surface area contributed by atoms with E-state index in [0.717, 1.165) is 16.7 Å². The number of aliphatic hydroxyl groups excluding tert-OH is 1. The molecule has 0 aliphatic carbocycles. The summed E-state index contributed by atoms with van der Waals surface area (Å²) in [6, 6.07) is 16.7. The number of aromatic amines is 1. The fourth-order valence-electron chi connectivity index (χ4n) is 4.27. The van der Waals surface area contributed by atoms with Gasteiger partial charge in [0.2, 0.25) is 0 Å². The summed E-state index contributed by atoms with van der Waals surface area (Å²) in [5, 5.41) is 9.44. The number of ether oxygens (including phenoxy) is 2. The largest absolute Gasteiger partial charge is 0.452 e. The van der Waals surface area contributed by atoms with E-state index in [0.29, 0.717) is 33.4 Å². The zero-order chi connectivity index (χ0) is 27.8. The van der Waals surface area contributed by atoms with E-state index in [2.05, 4.69) is 19.3 Å². The van der Waals surface area contributed by atoms with Gasteiger partial charge in [-0.25, -0.2) is 9.19 Å². The second-order valence-corrected chi connectivity index (χ2v) is 12.4. The van der Waals surface area contributed by atoms with Crippen molar-refractivity contribution in [3.8, 4) is 28.4 Å². The van der Waals surface area contributed by atoms with Gasteiger partial charge in [-0.05, 0) is 29.3 Å². The first-order valence-corrected chi connectivity index (χ1v) is 14.7. The van der Waals surface area contributed by atoms with Crippen LogP contribution in [0.4, 0.5) is 14.5 Å². The molecule has 2 N–H and O–H groups in total. The van der Waals surface area contributed by atoms with Crippen molar-refractivity contribution in [2.45, 2.75) is 32.0 Å². The monoisotopic (exact) mass is 576 g/mol. The Morgan fingerprint density at radius 3 is 2.31 bits per heavy atom. The molecule has 1 saturated heterocycles. The van der Waals surface area contributed by atoms with Gasteiger partial charge >= 0.3 is 5.92 Å². The summed E-state index contributed by atoms with van der Waals surface area (Å²) in [5.41, 5.74) is 4.53. The summed E-state index contributed by atoms with van der Waals surface area (Å²) < 4.78 is 56.0. The van der Waals surface area contributed by atoms with Gasteiger partial charge < -0.3 is 19.6 Å². The zero-order valence-corrected chi connectivity index (χ0v) is 22.8. The molecule has 0 unspecified atom stereocenters. The molecule has 1 aliphatic rings. The number of hydrogen-bond acceptors (Lipinski definition) is 7. The van der Waals surface area contributed by atoms with Crippen LogP contribution in [0.15, 0.2) is 59.0 Å². The number of aliphatic hydroxyl groups is 1. The number of fused-ring (bicyclic) bond motifs is 1. The van der Waals surface area contributed by atoms with Gasteiger partial charge in [0.05, 0.1) is 44.9 Å². The van der Waals surface area contributed by atoms with Gasteiger partial charge in [0, 0.05) is 17.1 Å². The van der Waals surface area contributed by atoms with Gasteiger partial charge in [-0.3, -0.25) is 0 Å². The molecule has 1 fully saturated rings. The fraction of sp³-hybridized carbons (Fsp3) is 0.333. The van der Waals surface area contributed by atoms with Gasteiger partial charge in [0.15, 0.2) is 11.8 Å². The molecular weight excluding hydrogens is 550 g/mol. The van der Waals surface area contributed by atoms with Crippen molar-refractivity contribution >= 4 is 38.2 Å². The Kier molecular flexibility index (Phi) is 7.60. The van der Waals surface area contributed by atoms with Crippen LogP contribution >= 0.6 is 11.6 Å². The number of imidazole rings is 1. The van der Waals surface area contributed by atoms with Crippen molar-refractivity contribution in [3.05, 3.63) is 59.6 Å². The predicted molar refractivity (Wildman–Crippen MR) is 147 cm³/mol. The van der Waals surface area contributed by atoms with E-state index in [9.17, 15) is 13.0 Å². The number of hydrogen-bond donors (Lipinski definition) is 2. The number of nitrogens with zero attached hydrogens (tertiary/aromatic N) is 3. The fourth-order valence-corrected chi connectivity index (χ4v) is 5.70. The Morgan fingerprint density at radius 1 is 1.10 bits per heavy atom. The van der Waals surface area contributed by atoms with E-state index in [4.69, 9.17) is 26.2 Å². The van der Waals surface area contributed by atoms with E-state index in [1.165, 1.54) is 0 Å². The third-order valence-electron chi connectivity index (χ3n) is 6.66. The summed E-state index contributed by atoms with van der Waals surface area (Å²) in [6.07, 6.45) is -3.22. The van der Waals surface area contributed by atoms with Crippen LogP contribution in [0.1, 0.15) is 13.8 Å². The minimum Gasteiger partial charge on any atom is -0.452 e. The van der Waals surface area contributed by atoms with E-state index < -0.39 is 34.5 Å². The molecule has 206 valence electrons. The third kappa shape index (κ3) is 5.49. The zero-order valence-electron chi connectivity index (χ0n) is 21.2. The highest BCUT2D eigenvalue weighted by atomic mass is 35.5. The van der Waals surface area contributed by atoms with Gasteiger partial charge in [0.1, 0.15) is 6.10 Å². The summed E-state index contributed by atoms with van der Waals surface area (Å²) in [7, 11) is -2.22. The van der Waals surface area contributed by atoms with Crippen LogP contribution in [0.5, 0.6) is 6.01 Å². The maximum absolute atomic E-state index is 14.3. The van der Waals surface area contributed by atoms with Crippen LogP contribution in [0.3, 0.4) is 0 Å². The molecule has 1 aliphatic heterocycles. The lowest BCUT2D eigenvalue weighted by Crippen LogP contribution is -2.43. The summed E-state index contributed by atoms with van der Waals surface area (Å²) in [6.45, 7) is 2.57. The number of rotatable bonds is 8. The number of benzene rings is 2. The summed E-state index contributed by atoms with van der Waals surface area (Å²) >= 11 is 6.50. The molecule has 2 aromatic heterocycles. The summed E-state index contributed by atoms with van der Waals surface area (Å²) in [5.74, 6) is -2.34. The standard InChI is InChI=1S/C27H27ClF2N4O4S/c1-3-39(36,4-2)34-19-11-9-17(10-12-19)16-5-7-18(8-6-16)24-20(28)13-21-25(32-24)33-26(31-21)38-23-15-37-22(14-35)27(23,29)30/h5-13,22-23,35H,3-4,14-15H2,1-2H3,(H,31,32,33)/t22-,23-/m1/s1. The third-order valence-corrected chi connectivity index (χ3v) is 9.30. The molecule has 0 amide bonds. The maximum atomic E-state index is 14.3. The van der Waals surface area contributed by atoms with Crippen LogP contribution in [0.2, 0.25) is 5.02 Å². The van der Waals surface area contributed by atoms with Crippen molar-refractivity contribution in [1.82, 2.24) is 15.0 Å². The molecular formula is C27H27ClF2N4O4S. The Labute approximate surface area is 229 Å². The van der Waals surface area contributed by atoms with Crippen LogP contribution in [-0.4, -0.2) is 67.1 Å². The first kappa shape index (κ1) is 27.4. The van der Waals surface area contributed by atoms with E-state index in [1.807, 2.05) is 62.4 Å². The quantitative estimate of drug-likeness (QED) is 0.272. The Balaban J connectivity index is 1.36. The molecule has 0 radical (unpaired) electrons. The highest BCUT2D eigenvalue weighted by Gasteiger charge is 2.55. The molecule has 0 bridgehead atoms. The molecule has 12 heteroatoms. The number of alkyl halides is 2.